The molecule has 0 amide bonds. The molecule has 2 heterocycles. The summed E-state index contributed by atoms with van der Waals surface area (Å²) in [6.45, 7) is 4.80. The van der Waals surface area contributed by atoms with Crippen molar-refractivity contribution >= 4 is 0 Å². The normalized spacial score (nSPS) is 41.8. The smallest absolute Gasteiger partial charge is 0.0221 e. The summed E-state index contributed by atoms with van der Waals surface area (Å²) >= 11 is 0. The molecule has 1 unspecified atom stereocenters. The van der Waals surface area contributed by atoms with Crippen molar-refractivity contribution in [3.8, 4) is 0 Å². The van der Waals surface area contributed by atoms with Gasteiger partial charge >= 0.3 is 0 Å². The summed E-state index contributed by atoms with van der Waals surface area (Å²) in [6, 6.07) is 1.53. The molecule has 13 heavy (non-hydrogen) atoms. The van der Waals surface area contributed by atoms with E-state index in [4.69, 9.17) is 0 Å². The van der Waals surface area contributed by atoms with E-state index in [2.05, 4.69) is 17.6 Å². The average Bonchev–Trinajstić information content (AvgIpc) is 2.20. The van der Waals surface area contributed by atoms with Crippen LogP contribution in [-0.4, -0.2) is 25.2 Å². The topological polar surface area (TPSA) is 24.1 Å². The lowest BCUT2D eigenvalue weighted by atomic mass is 9.88. The van der Waals surface area contributed by atoms with Crippen molar-refractivity contribution in [3.05, 3.63) is 0 Å². The number of rotatable bonds is 1. The molecule has 0 aromatic rings. The Labute approximate surface area is 81.5 Å². The summed E-state index contributed by atoms with van der Waals surface area (Å²) in [7, 11) is 0. The van der Waals surface area contributed by atoms with E-state index in [0.29, 0.717) is 0 Å². The summed E-state index contributed by atoms with van der Waals surface area (Å²) in [5, 5.41) is 7.32. The molecule has 2 fully saturated rings. The summed E-state index contributed by atoms with van der Waals surface area (Å²) in [5.74, 6) is 0.889. The van der Waals surface area contributed by atoms with Gasteiger partial charge in [0.1, 0.15) is 0 Å². The van der Waals surface area contributed by atoms with Crippen molar-refractivity contribution < 1.29 is 0 Å². The highest BCUT2D eigenvalue weighted by Crippen LogP contribution is 2.19. The molecule has 0 bridgehead atoms. The Morgan fingerprint density at radius 1 is 0.923 bits per heavy atom. The van der Waals surface area contributed by atoms with Gasteiger partial charge in [-0.05, 0) is 44.7 Å². The molecule has 2 nitrogen and oxygen atoms in total. The molecule has 3 atom stereocenters. The van der Waals surface area contributed by atoms with Crippen LogP contribution in [0.3, 0.4) is 0 Å². The van der Waals surface area contributed by atoms with Crippen LogP contribution in [0, 0.1) is 5.92 Å². The van der Waals surface area contributed by atoms with Crippen molar-refractivity contribution in [2.24, 2.45) is 5.92 Å². The van der Waals surface area contributed by atoms with Crippen LogP contribution in [0.4, 0.5) is 0 Å². The summed E-state index contributed by atoms with van der Waals surface area (Å²) in [6.07, 6.45) is 6.96. The van der Waals surface area contributed by atoms with Gasteiger partial charge < -0.3 is 10.6 Å². The monoisotopic (exact) mass is 182 g/mol. The van der Waals surface area contributed by atoms with Gasteiger partial charge in [0.15, 0.2) is 0 Å². The number of nitrogens with one attached hydrogen (secondary N) is 2. The second-order valence-electron chi connectivity index (χ2n) is 4.75. The van der Waals surface area contributed by atoms with Crippen molar-refractivity contribution in [2.45, 2.75) is 51.1 Å². The standard InChI is InChI=1S/C11H22N2/c1-9-5-6-11(13-8-9)10-4-2-3-7-12-10/h9-13H,2-8H2,1H3/t9-,10?,11-/m0/s1. The highest BCUT2D eigenvalue weighted by Gasteiger charge is 2.26. The van der Waals surface area contributed by atoms with Crippen LogP contribution in [-0.2, 0) is 0 Å². The van der Waals surface area contributed by atoms with Crippen LogP contribution >= 0.6 is 0 Å². The minimum atomic E-state index is 0.761. The number of piperidine rings is 2. The maximum atomic E-state index is 3.68. The van der Waals surface area contributed by atoms with E-state index in [1.165, 1.54) is 45.2 Å². The Morgan fingerprint density at radius 3 is 2.38 bits per heavy atom. The van der Waals surface area contributed by atoms with Gasteiger partial charge in [-0.3, -0.25) is 0 Å². The zero-order chi connectivity index (χ0) is 9.10. The van der Waals surface area contributed by atoms with Crippen LogP contribution < -0.4 is 10.6 Å². The van der Waals surface area contributed by atoms with Crippen molar-refractivity contribution in [3.63, 3.8) is 0 Å². The lowest BCUT2D eigenvalue weighted by molar-refractivity contribution is 0.243. The zero-order valence-electron chi connectivity index (χ0n) is 8.68. The highest BCUT2D eigenvalue weighted by atomic mass is 15.0. The summed E-state index contributed by atoms with van der Waals surface area (Å²) in [4.78, 5) is 0. The predicted octanol–water partition coefficient (Wildman–Crippen LogP) is 1.52. The van der Waals surface area contributed by atoms with Crippen molar-refractivity contribution in [1.29, 1.82) is 0 Å². The average molecular weight is 182 g/mol. The molecule has 2 aliphatic rings. The first-order chi connectivity index (χ1) is 6.36. The third kappa shape index (κ3) is 2.44. The summed E-state index contributed by atoms with van der Waals surface area (Å²) in [5.41, 5.74) is 0. The fourth-order valence-electron chi connectivity index (χ4n) is 2.59. The molecule has 0 aromatic carbocycles. The number of hydrogen-bond acceptors (Lipinski definition) is 2. The SMILES string of the molecule is C[C@H]1CC[C@@H](C2CCCCN2)NC1. The van der Waals surface area contributed by atoms with Gasteiger partial charge in [-0.1, -0.05) is 13.3 Å². The molecule has 0 radical (unpaired) electrons. The minimum Gasteiger partial charge on any atom is -0.312 e. The minimum absolute atomic E-state index is 0.761. The third-order valence-electron chi connectivity index (χ3n) is 3.53. The number of hydrogen-bond donors (Lipinski definition) is 2. The Bertz CT molecular complexity index is 144. The van der Waals surface area contributed by atoms with Gasteiger partial charge in [0, 0.05) is 12.1 Å². The van der Waals surface area contributed by atoms with E-state index in [1.54, 1.807) is 0 Å². The maximum absolute atomic E-state index is 3.68. The van der Waals surface area contributed by atoms with Crippen molar-refractivity contribution in [1.82, 2.24) is 10.6 Å². The second kappa shape index (κ2) is 4.43. The first-order valence-corrected chi connectivity index (χ1v) is 5.83. The third-order valence-corrected chi connectivity index (χ3v) is 3.53. The van der Waals surface area contributed by atoms with Crippen LogP contribution in [0.5, 0.6) is 0 Å². The zero-order valence-corrected chi connectivity index (χ0v) is 8.68. The van der Waals surface area contributed by atoms with E-state index >= 15 is 0 Å². The molecule has 2 rings (SSSR count). The first-order valence-electron chi connectivity index (χ1n) is 5.83. The Kier molecular flexibility index (Phi) is 3.23. The van der Waals surface area contributed by atoms with Gasteiger partial charge in [-0.15, -0.1) is 0 Å². The van der Waals surface area contributed by atoms with Gasteiger partial charge in [0.05, 0.1) is 0 Å². The van der Waals surface area contributed by atoms with Crippen LogP contribution in [0.15, 0.2) is 0 Å². The van der Waals surface area contributed by atoms with Crippen LogP contribution in [0.1, 0.15) is 39.0 Å². The Balaban J connectivity index is 1.79. The van der Waals surface area contributed by atoms with E-state index in [-0.39, 0.29) is 0 Å². The molecule has 2 saturated heterocycles. The first kappa shape index (κ1) is 9.47. The van der Waals surface area contributed by atoms with Crippen molar-refractivity contribution in [2.75, 3.05) is 13.1 Å². The van der Waals surface area contributed by atoms with Gasteiger partial charge in [-0.2, -0.15) is 0 Å². The lowest BCUT2D eigenvalue weighted by Gasteiger charge is -2.36. The molecule has 2 N–H and O–H groups in total. The van der Waals surface area contributed by atoms with E-state index in [9.17, 15) is 0 Å². The van der Waals surface area contributed by atoms with Crippen LogP contribution in [0.2, 0.25) is 0 Å². The van der Waals surface area contributed by atoms with Crippen LogP contribution in [0.25, 0.3) is 0 Å². The fraction of sp³-hybridized carbons (Fsp3) is 1.00. The Hall–Kier alpha value is -0.0800. The molecule has 76 valence electrons. The van der Waals surface area contributed by atoms with E-state index < -0.39 is 0 Å². The largest absolute Gasteiger partial charge is 0.312 e. The van der Waals surface area contributed by atoms with Gasteiger partial charge in [0.2, 0.25) is 0 Å². The molecular weight excluding hydrogens is 160 g/mol. The van der Waals surface area contributed by atoms with E-state index in [1.807, 2.05) is 0 Å². The molecule has 0 aliphatic carbocycles. The summed E-state index contributed by atoms with van der Waals surface area (Å²) < 4.78 is 0. The van der Waals surface area contributed by atoms with Gasteiger partial charge in [0.25, 0.3) is 0 Å². The predicted molar refractivity (Wildman–Crippen MR) is 55.8 cm³/mol. The van der Waals surface area contributed by atoms with Gasteiger partial charge in [-0.25, -0.2) is 0 Å². The molecular formula is C11H22N2. The molecule has 0 saturated carbocycles. The molecule has 0 aromatic heterocycles. The molecule has 0 spiro atoms. The highest BCUT2D eigenvalue weighted by molar-refractivity contribution is 4.88. The maximum Gasteiger partial charge on any atom is 0.0221 e. The van der Waals surface area contributed by atoms with E-state index in [0.717, 1.165) is 18.0 Å². The fourth-order valence-corrected chi connectivity index (χ4v) is 2.59. The lowest BCUT2D eigenvalue weighted by Crippen LogP contribution is -2.53. The second-order valence-corrected chi connectivity index (χ2v) is 4.75. The molecule has 2 heteroatoms. The quantitative estimate of drug-likeness (QED) is 0.642. The Morgan fingerprint density at radius 2 is 1.77 bits per heavy atom. The molecule has 2 aliphatic heterocycles.